The lowest BCUT2D eigenvalue weighted by molar-refractivity contribution is 0.262. The number of amides is 2. The van der Waals surface area contributed by atoms with E-state index < -0.39 is 0 Å². The van der Waals surface area contributed by atoms with Crippen LogP contribution in [0.3, 0.4) is 0 Å². The molecule has 7 heteroatoms. The van der Waals surface area contributed by atoms with Crippen molar-refractivity contribution in [1.82, 2.24) is 9.55 Å². The van der Waals surface area contributed by atoms with Gasteiger partial charge >= 0.3 is 11.7 Å². The molecule has 0 saturated carbocycles. The lowest BCUT2D eigenvalue weighted by atomic mass is 9.97. The Hall–Kier alpha value is -4.13. The summed E-state index contributed by atoms with van der Waals surface area (Å²) in [6.07, 6.45) is 0. The van der Waals surface area contributed by atoms with E-state index in [4.69, 9.17) is 0 Å². The number of nitrogens with one attached hydrogen (secondary N) is 3. The van der Waals surface area contributed by atoms with E-state index >= 15 is 0 Å². The van der Waals surface area contributed by atoms with Gasteiger partial charge in [0.15, 0.2) is 0 Å². The molecule has 0 spiro atoms. The lowest BCUT2D eigenvalue weighted by Crippen LogP contribution is -2.35. The van der Waals surface area contributed by atoms with Gasteiger partial charge in [-0.1, -0.05) is 42.5 Å². The number of nitrogens with zero attached hydrogens (tertiary/aromatic N) is 2. The van der Waals surface area contributed by atoms with Gasteiger partial charge in [0.1, 0.15) is 5.82 Å². The number of benzene rings is 3. The second kappa shape index (κ2) is 7.95. The molecule has 2 heterocycles. The molecule has 2 amide bonds. The van der Waals surface area contributed by atoms with Crippen LogP contribution in [0.2, 0.25) is 0 Å². The summed E-state index contributed by atoms with van der Waals surface area (Å²) >= 11 is 0. The number of carbonyl (C=O) groups is 1. The van der Waals surface area contributed by atoms with Crippen molar-refractivity contribution >= 4 is 34.1 Å². The summed E-state index contributed by atoms with van der Waals surface area (Å²) in [5, 5.41) is 9.99. The number of hydrogen-bond acceptors (Lipinski definition) is 4. The van der Waals surface area contributed by atoms with Gasteiger partial charge in [-0.25, -0.2) is 9.59 Å². The first-order valence-corrected chi connectivity index (χ1v) is 10.1. The van der Waals surface area contributed by atoms with E-state index in [1.165, 1.54) is 0 Å². The Morgan fingerprint density at radius 1 is 0.903 bits per heavy atom. The fourth-order valence-electron chi connectivity index (χ4n) is 3.92. The van der Waals surface area contributed by atoms with Gasteiger partial charge < -0.3 is 16.0 Å². The average Bonchev–Trinajstić information content (AvgIpc) is 2.80. The molecule has 154 valence electrons. The predicted octanol–water partition coefficient (Wildman–Crippen LogP) is 4.25. The van der Waals surface area contributed by atoms with E-state index in [1.807, 2.05) is 78.9 Å². The molecule has 3 aromatic carbocycles. The third kappa shape index (κ3) is 3.85. The molecule has 0 aliphatic carbocycles. The van der Waals surface area contributed by atoms with Crippen LogP contribution < -0.4 is 21.6 Å². The Labute approximate surface area is 178 Å². The van der Waals surface area contributed by atoms with Crippen molar-refractivity contribution in [3.05, 3.63) is 94.9 Å². The van der Waals surface area contributed by atoms with Crippen LogP contribution in [-0.4, -0.2) is 22.1 Å². The lowest BCUT2D eigenvalue weighted by Gasteiger charge is -2.28. The van der Waals surface area contributed by atoms with Crippen molar-refractivity contribution in [2.45, 2.75) is 12.5 Å². The molecule has 7 nitrogen and oxygen atoms in total. The minimum Gasteiger partial charge on any atom is -0.370 e. The molecule has 3 N–H and O–H groups in total. The highest BCUT2D eigenvalue weighted by Gasteiger charge is 2.22. The maximum atomic E-state index is 12.5. The van der Waals surface area contributed by atoms with E-state index in [1.54, 1.807) is 4.57 Å². The van der Waals surface area contributed by atoms with Crippen LogP contribution in [0.25, 0.3) is 10.9 Å². The second-order valence-electron chi connectivity index (χ2n) is 7.52. The van der Waals surface area contributed by atoms with Crippen molar-refractivity contribution in [3.8, 4) is 0 Å². The number of aromatic nitrogens is 2. The summed E-state index contributed by atoms with van der Waals surface area (Å²) < 4.78 is 1.70. The largest absolute Gasteiger partial charge is 0.370 e. The fourth-order valence-corrected chi connectivity index (χ4v) is 3.92. The van der Waals surface area contributed by atoms with E-state index in [0.29, 0.717) is 24.3 Å². The number of hydrogen-bond donors (Lipinski definition) is 3. The monoisotopic (exact) mass is 411 g/mol. The minimum absolute atomic E-state index is 0.125. The van der Waals surface area contributed by atoms with Gasteiger partial charge in [-0.2, -0.15) is 4.98 Å². The van der Waals surface area contributed by atoms with Gasteiger partial charge in [0, 0.05) is 35.8 Å². The molecule has 5 rings (SSSR count). The van der Waals surface area contributed by atoms with Gasteiger partial charge in [0.25, 0.3) is 0 Å². The Morgan fingerprint density at radius 2 is 1.58 bits per heavy atom. The molecule has 1 aliphatic heterocycles. The number of fused-ring (bicyclic) bond motifs is 3. The second-order valence-corrected chi connectivity index (χ2v) is 7.52. The van der Waals surface area contributed by atoms with Crippen LogP contribution >= 0.6 is 0 Å². The molecule has 0 saturated heterocycles. The van der Waals surface area contributed by atoms with E-state index in [-0.39, 0.29) is 17.6 Å². The Kier molecular flexibility index (Phi) is 4.84. The van der Waals surface area contributed by atoms with Gasteiger partial charge in [0.05, 0.1) is 5.52 Å². The number of para-hydroxylation sites is 2. The van der Waals surface area contributed by atoms with Crippen molar-refractivity contribution in [1.29, 1.82) is 0 Å². The molecule has 1 atom stereocenters. The summed E-state index contributed by atoms with van der Waals surface area (Å²) in [4.78, 5) is 28.9. The van der Waals surface area contributed by atoms with Crippen LogP contribution in [-0.2, 0) is 6.54 Å². The topological polar surface area (TPSA) is 88.1 Å². The molecule has 1 unspecified atom stereocenters. The van der Waals surface area contributed by atoms with Crippen LogP contribution in [0, 0.1) is 0 Å². The van der Waals surface area contributed by atoms with Crippen molar-refractivity contribution < 1.29 is 4.79 Å². The number of urea groups is 1. The highest BCUT2D eigenvalue weighted by atomic mass is 16.2. The van der Waals surface area contributed by atoms with Crippen molar-refractivity contribution in [3.63, 3.8) is 0 Å². The van der Waals surface area contributed by atoms with Crippen molar-refractivity contribution in [2.24, 2.45) is 0 Å². The highest BCUT2D eigenvalue weighted by Crippen LogP contribution is 2.29. The minimum atomic E-state index is -0.295. The van der Waals surface area contributed by atoms with Crippen LogP contribution in [0.4, 0.5) is 22.0 Å². The summed E-state index contributed by atoms with van der Waals surface area (Å²) in [6, 6.07) is 24.4. The number of anilines is 3. The van der Waals surface area contributed by atoms with Gasteiger partial charge in [0.2, 0.25) is 0 Å². The standard InChI is InChI=1S/C24H21N5O2/c30-23(26-18-6-2-1-3-7-18)27-19-12-10-16(11-13-19)17-14-25-22-20-8-4-5-9-21(20)28-24(31)29(22)15-17/h1-13,17,25H,14-15H2,(H2,26,27,30). The molecule has 0 fully saturated rings. The number of carbonyl (C=O) groups excluding carboxylic acids is 1. The van der Waals surface area contributed by atoms with Gasteiger partial charge in [-0.15, -0.1) is 0 Å². The molecule has 1 aliphatic rings. The summed E-state index contributed by atoms with van der Waals surface area (Å²) in [5.41, 5.74) is 2.98. The van der Waals surface area contributed by atoms with E-state index in [9.17, 15) is 9.59 Å². The van der Waals surface area contributed by atoms with Crippen LogP contribution in [0.15, 0.2) is 83.7 Å². The molecule has 0 radical (unpaired) electrons. The zero-order chi connectivity index (χ0) is 21.2. The quantitative estimate of drug-likeness (QED) is 0.470. The molecular formula is C24H21N5O2. The smallest absolute Gasteiger partial charge is 0.349 e. The summed E-state index contributed by atoms with van der Waals surface area (Å²) in [6.45, 7) is 1.27. The zero-order valence-corrected chi connectivity index (χ0v) is 16.7. The summed E-state index contributed by atoms with van der Waals surface area (Å²) in [7, 11) is 0. The Bertz CT molecular complexity index is 1300. The third-order valence-electron chi connectivity index (χ3n) is 5.47. The molecule has 1 aromatic heterocycles. The first-order valence-electron chi connectivity index (χ1n) is 10.1. The predicted molar refractivity (Wildman–Crippen MR) is 123 cm³/mol. The van der Waals surface area contributed by atoms with Crippen LogP contribution in [0.1, 0.15) is 11.5 Å². The zero-order valence-electron chi connectivity index (χ0n) is 16.7. The third-order valence-corrected chi connectivity index (χ3v) is 5.47. The SMILES string of the molecule is O=C(Nc1ccccc1)Nc1ccc(C2CNc3c4ccccc4nc(=O)n3C2)cc1. The van der Waals surface area contributed by atoms with Crippen molar-refractivity contribution in [2.75, 3.05) is 22.5 Å². The first kappa shape index (κ1) is 18.9. The molecular weight excluding hydrogens is 390 g/mol. The first-order chi connectivity index (χ1) is 15.2. The summed E-state index contributed by atoms with van der Waals surface area (Å²) in [5.74, 6) is 0.947. The fraction of sp³-hybridized carbons (Fsp3) is 0.125. The Balaban J connectivity index is 1.30. The van der Waals surface area contributed by atoms with E-state index in [2.05, 4.69) is 20.9 Å². The average molecular weight is 411 g/mol. The maximum Gasteiger partial charge on any atom is 0.349 e. The molecule has 0 bridgehead atoms. The highest BCUT2D eigenvalue weighted by molar-refractivity contribution is 5.99. The van der Waals surface area contributed by atoms with Gasteiger partial charge in [-0.3, -0.25) is 4.57 Å². The number of rotatable bonds is 3. The van der Waals surface area contributed by atoms with E-state index in [0.717, 1.165) is 22.5 Å². The maximum absolute atomic E-state index is 12.5. The molecule has 4 aromatic rings. The molecule has 31 heavy (non-hydrogen) atoms. The van der Waals surface area contributed by atoms with Gasteiger partial charge in [-0.05, 0) is 42.0 Å². The normalized spacial score (nSPS) is 15.0. The van der Waals surface area contributed by atoms with Crippen LogP contribution in [0.5, 0.6) is 0 Å². The Morgan fingerprint density at radius 3 is 2.35 bits per heavy atom.